The minimum Gasteiger partial charge on any atom is -0.374 e. The number of morpholine rings is 1. The summed E-state index contributed by atoms with van der Waals surface area (Å²) in [6.07, 6.45) is 7.71. The standard InChI is InChI=1S/C17H28N2O2/c1-3-9-17(13-18,10-4-2)16(20)19-11-12-21-15-8-6-5-7-14(15)19/h14-15H,3-12H2,1-2H3. The summed E-state index contributed by atoms with van der Waals surface area (Å²) in [5.41, 5.74) is -0.817. The summed E-state index contributed by atoms with van der Waals surface area (Å²) in [5, 5.41) is 9.71. The molecule has 2 aliphatic rings. The number of rotatable bonds is 5. The lowest BCUT2D eigenvalue weighted by Gasteiger charge is -2.46. The number of hydrogen-bond acceptors (Lipinski definition) is 3. The average molecular weight is 292 g/mol. The molecule has 1 saturated heterocycles. The number of nitriles is 1. The minimum atomic E-state index is -0.817. The molecule has 4 heteroatoms. The summed E-state index contributed by atoms with van der Waals surface area (Å²) >= 11 is 0. The molecule has 1 aliphatic heterocycles. The molecule has 4 nitrogen and oxygen atoms in total. The number of carbonyl (C=O) groups is 1. The minimum absolute atomic E-state index is 0.0638. The van der Waals surface area contributed by atoms with E-state index >= 15 is 0 Å². The van der Waals surface area contributed by atoms with Crippen molar-refractivity contribution in [1.29, 1.82) is 5.26 Å². The first-order valence-corrected chi connectivity index (χ1v) is 8.52. The Hall–Kier alpha value is -1.08. The van der Waals surface area contributed by atoms with Crippen molar-refractivity contribution in [2.45, 2.75) is 77.4 Å². The predicted octanol–water partition coefficient (Wildman–Crippen LogP) is 3.27. The molecule has 2 fully saturated rings. The van der Waals surface area contributed by atoms with Crippen molar-refractivity contribution in [2.75, 3.05) is 13.2 Å². The molecule has 0 radical (unpaired) electrons. The molecule has 0 aromatic carbocycles. The van der Waals surface area contributed by atoms with Gasteiger partial charge >= 0.3 is 0 Å². The lowest BCUT2D eigenvalue weighted by Crippen LogP contribution is -2.58. The van der Waals surface area contributed by atoms with Gasteiger partial charge in [0.1, 0.15) is 5.41 Å². The third-order valence-corrected chi connectivity index (χ3v) is 4.97. The summed E-state index contributed by atoms with van der Waals surface area (Å²) in [7, 11) is 0. The highest BCUT2D eigenvalue weighted by Crippen LogP contribution is 2.36. The molecule has 2 atom stereocenters. The van der Waals surface area contributed by atoms with Crippen molar-refractivity contribution >= 4 is 5.91 Å². The van der Waals surface area contributed by atoms with E-state index in [-0.39, 0.29) is 18.1 Å². The second-order valence-corrected chi connectivity index (χ2v) is 6.45. The quantitative estimate of drug-likeness (QED) is 0.781. The third-order valence-electron chi connectivity index (χ3n) is 4.97. The molecule has 2 unspecified atom stereocenters. The van der Waals surface area contributed by atoms with E-state index in [9.17, 15) is 10.1 Å². The van der Waals surface area contributed by atoms with E-state index in [1.165, 1.54) is 6.42 Å². The summed E-state index contributed by atoms with van der Waals surface area (Å²) in [4.78, 5) is 15.1. The van der Waals surface area contributed by atoms with Gasteiger partial charge in [-0.2, -0.15) is 5.26 Å². The lowest BCUT2D eigenvalue weighted by molar-refractivity contribution is -0.158. The van der Waals surface area contributed by atoms with Crippen LogP contribution in [-0.4, -0.2) is 36.1 Å². The van der Waals surface area contributed by atoms with Crippen molar-refractivity contribution in [3.63, 3.8) is 0 Å². The van der Waals surface area contributed by atoms with E-state index in [1.54, 1.807) is 0 Å². The molecule has 1 amide bonds. The van der Waals surface area contributed by atoms with Crippen molar-refractivity contribution in [3.8, 4) is 6.07 Å². The van der Waals surface area contributed by atoms with Gasteiger partial charge in [0.05, 0.1) is 24.8 Å². The van der Waals surface area contributed by atoms with Crippen LogP contribution in [0.1, 0.15) is 65.2 Å². The molecule has 0 spiro atoms. The van der Waals surface area contributed by atoms with E-state index in [4.69, 9.17) is 4.74 Å². The normalized spacial score (nSPS) is 26.0. The molecule has 1 heterocycles. The zero-order chi connectivity index (χ0) is 15.3. The Kier molecular flexibility index (Phi) is 5.64. The molecule has 118 valence electrons. The first kappa shape index (κ1) is 16.3. The molecular formula is C17H28N2O2. The summed E-state index contributed by atoms with van der Waals surface area (Å²) in [5.74, 6) is 0.0638. The van der Waals surface area contributed by atoms with E-state index in [2.05, 4.69) is 19.9 Å². The van der Waals surface area contributed by atoms with Crippen LogP contribution in [-0.2, 0) is 9.53 Å². The SMILES string of the molecule is CCCC(C#N)(CCC)C(=O)N1CCOC2CCCCC21. The van der Waals surface area contributed by atoms with Gasteiger partial charge in [-0.05, 0) is 25.7 Å². The highest BCUT2D eigenvalue weighted by molar-refractivity contribution is 5.86. The Morgan fingerprint density at radius 3 is 2.57 bits per heavy atom. The van der Waals surface area contributed by atoms with Crippen LogP contribution in [0.4, 0.5) is 0 Å². The Morgan fingerprint density at radius 1 is 1.29 bits per heavy atom. The van der Waals surface area contributed by atoms with Crippen molar-refractivity contribution in [2.24, 2.45) is 5.41 Å². The maximum atomic E-state index is 13.1. The van der Waals surface area contributed by atoms with E-state index < -0.39 is 5.41 Å². The Balaban J connectivity index is 2.20. The topological polar surface area (TPSA) is 53.3 Å². The fourth-order valence-corrected chi connectivity index (χ4v) is 3.98. The molecule has 1 aliphatic carbocycles. The van der Waals surface area contributed by atoms with Crippen molar-refractivity contribution < 1.29 is 9.53 Å². The maximum absolute atomic E-state index is 13.1. The molecule has 0 bridgehead atoms. The van der Waals surface area contributed by atoms with Crippen LogP contribution in [0.15, 0.2) is 0 Å². The third kappa shape index (κ3) is 3.23. The van der Waals surface area contributed by atoms with Crippen LogP contribution in [0.25, 0.3) is 0 Å². The second kappa shape index (κ2) is 7.26. The fraction of sp³-hybridized carbons (Fsp3) is 0.882. The number of ether oxygens (including phenoxy) is 1. The van der Waals surface area contributed by atoms with E-state index in [0.29, 0.717) is 26.0 Å². The zero-order valence-corrected chi connectivity index (χ0v) is 13.4. The first-order chi connectivity index (χ1) is 10.2. The fourth-order valence-electron chi connectivity index (χ4n) is 3.98. The number of carbonyl (C=O) groups excluding carboxylic acids is 1. The van der Waals surface area contributed by atoms with Crippen molar-refractivity contribution in [3.05, 3.63) is 0 Å². The number of nitrogens with zero attached hydrogens (tertiary/aromatic N) is 2. The summed E-state index contributed by atoms with van der Waals surface area (Å²) in [6.45, 7) is 5.37. The average Bonchev–Trinajstić information content (AvgIpc) is 2.53. The zero-order valence-electron chi connectivity index (χ0n) is 13.4. The first-order valence-electron chi connectivity index (χ1n) is 8.52. The van der Waals surface area contributed by atoms with Gasteiger partial charge < -0.3 is 9.64 Å². The van der Waals surface area contributed by atoms with Gasteiger partial charge in [0.25, 0.3) is 0 Å². The van der Waals surface area contributed by atoms with E-state index in [1.807, 2.05) is 4.90 Å². The molecule has 0 aromatic rings. The number of amides is 1. The van der Waals surface area contributed by atoms with Crippen LogP contribution < -0.4 is 0 Å². The maximum Gasteiger partial charge on any atom is 0.243 e. The Morgan fingerprint density at radius 2 is 1.95 bits per heavy atom. The van der Waals surface area contributed by atoms with Crippen LogP contribution in [0.3, 0.4) is 0 Å². The second-order valence-electron chi connectivity index (χ2n) is 6.45. The van der Waals surface area contributed by atoms with Crippen molar-refractivity contribution in [1.82, 2.24) is 4.90 Å². The van der Waals surface area contributed by atoms with Crippen LogP contribution >= 0.6 is 0 Å². The Bertz CT molecular complexity index is 394. The van der Waals surface area contributed by atoms with Gasteiger partial charge in [0.15, 0.2) is 0 Å². The van der Waals surface area contributed by atoms with Gasteiger partial charge in [-0.3, -0.25) is 4.79 Å². The molecule has 0 aromatic heterocycles. The van der Waals surface area contributed by atoms with Gasteiger partial charge in [0.2, 0.25) is 5.91 Å². The predicted molar refractivity (Wildman–Crippen MR) is 81.6 cm³/mol. The summed E-state index contributed by atoms with van der Waals surface area (Å²) in [6, 6.07) is 2.57. The van der Waals surface area contributed by atoms with Gasteiger partial charge in [-0.1, -0.05) is 39.5 Å². The van der Waals surface area contributed by atoms with Gasteiger partial charge in [0, 0.05) is 6.54 Å². The highest BCUT2D eigenvalue weighted by Gasteiger charge is 2.45. The largest absolute Gasteiger partial charge is 0.374 e. The smallest absolute Gasteiger partial charge is 0.243 e. The number of fused-ring (bicyclic) bond motifs is 1. The molecule has 0 N–H and O–H groups in total. The molecular weight excluding hydrogens is 264 g/mol. The monoisotopic (exact) mass is 292 g/mol. The lowest BCUT2D eigenvalue weighted by atomic mass is 9.78. The van der Waals surface area contributed by atoms with Crippen LogP contribution in [0.2, 0.25) is 0 Å². The van der Waals surface area contributed by atoms with Gasteiger partial charge in [-0.15, -0.1) is 0 Å². The van der Waals surface area contributed by atoms with Crippen LogP contribution in [0.5, 0.6) is 0 Å². The highest BCUT2D eigenvalue weighted by atomic mass is 16.5. The molecule has 1 saturated carbocycles. The Labute approximate surface area is 128 Å². The molecule has 21 heavy (non-hydrogen) atoms. The molecule has 2 rings (SSSR count). The van der Waals surface area contributed by atoms with Gasteiger partial charge in [-0.25, -0.2) is 0 Å². The van der Waals surface area contributed by atoms with Crippen LogP contribution in [0, 0.1) is 16.7 Å². The summed E-state index contributed by atoms with van der Waals surface area (Å²) < 4.78 is 5.85. The number of hydrogen-bond donors (Lipinski definition) is 0. The van der Waals surface area contributed by atoms with E-state index in [0.717, 1.165) is 32.1 Å².